The van der Waals surface area contributed by atoms with Gasteiger partial charge in [-0.15, -0.1) is 0 Å². The van der Waals surface area contributed by atoms with Gasteiger partial charge < -0.3 is 9.47 Å². The topological polar surface area (TPSA) is 18.5 Å². The van der Waals surface area contributed by atoms with Crippen molar-refractivity contribution in [1.82, 2.24) is 0 Å². The fourth-order valence-corrected chi connectivity index (χ4v) is 1.68. The number of benzene rings is 1. The molecular weight excluding hydrogens is 232 g/mol. The molecule has 0 fully saturated rings. The van der Waals surface area contributed by atoms with Crippen LogP contribution < -0.4 is 9.47 Å². The molecule has 0 spiro atoms. The summed E-state index contributed by atoms with van der Waals surface area (Å²) in [7, 11) is 3.31. The summed E-state index contributed by atoms with van der Waals surface area (Å²) in [6, 6.07) is 5.92. The summed E-state index contributed by atoms with van der Waals surface area (Å²) in [4.78, 5) is 0. The predicted molar refractivity (Wildman–Crippen MR) is 57.0 cm³/mol. The summed E-state index contributed by atoms with van der Waals surface area (Å²) in [5, 5.41) is 0.927. The van der Waals surface area contributed by atoms with Gasteiger partial charge in [0.05, 0.1) is 14.2 Å². The Morgan fingerprint density at radius 2 is 2.00 bits per heavy atom. The Morgan fingerprint density at radius 3 is 2.54 bits per heavy atom. The van der Waals surface area contributed by atoms with Crippen LogP contribution in [0.15, 0.2) is 18.2 Å². The van der Waals surface area contributed by atoms with Gasteiger partial charge in [0.2, 0.25) is 0 Å². The molecule has 0 unspecified atom stereocenters. The number of hydrogen-bond acceptors (Lipinski definition) is 2. The Labute approximate surface area is 87.0 Å². The van der Waals surface area contributed by atoms with Crippen molar-refractivity contribution in [2.24, 2.45) is 0 Å². The van der Waals surface area contributed by atoms with Crippen LogP contribution in [-0.2, 0) is 6.42 Å². The lowest BCUT2D eigenvalue weighted by Crippen LogP contribution is -1.96. The van der Waals surface area contributed by atoms with E-state index in [1.807, 2.05) is 18.2 Å². The summed E-state index contributed by atoms with van der Waals surface area (Å²) >= 11 is 3.40. The Bertz CT molecular complexity index is 274. The third kappa shape index (κ3) is 2.37. The maximum atomic E-state index is 5.27. The van der Waals surface area contributed by atoms with Crippen molar-refractivity contribution in [2.45, 2.75) is 6.42 Å². The van der Waals surface area contributed by atoms with E-state index >= 15 is 0 Å². The van der Waals surface area contributed by atoms with Gasteiger partial charge in [0.15, 0.2) is 11.5 Å². The van der Waals surface area contributed by atoms with Crippen molar-refractivity contribution in [1.29, 1.82) is 0 Å². The highest BCUT2D eigenvalue weighted by Crippen LogP contribution is 2.30. The van der Waals surface area contributed by atoms with Gasteiger partial charge in [0, 0.05) is 5.33 Å². The quantitative estimate of drug-likeness (QED) is 0.759. The molecule has 0 amide bonds. The minimum Gasteiger partial charge on any atom is -0.493 e. The molecule has 0 aliphatic rings. The highest BCUT2D eigenvalue weighted by Gasteiger charge is 2.07. The number of para-hydroxylation sites is 1. The van der Waals surface area contributed by atoms with Gasteiger partial charge in [-0.25, -0.2) is 0 Å². The molecule has 3 heteroatoms. The number of halogens is 1. The van der Waals surface area contributed by atoms with Crippen LogP contribution in [-0.4, -0.2) is 19.5 Å². The molecular formula is C10H13BrO2. The molecule has 0 heterocycles. The molecule has 0 saturated heterocycles. The molecule has 2 nitrogen and oxygen atoms in total. The summed E-state index contributed by atoms with van der Waals surface area (Å²) in [5.74, 6) is 1.63. The zero-order chi connectivity index (χ0) is 9.68. The zero-order valence-electron chi connectivity index (χ0n) is 7.84. The average molecular weight is 245 g/mol. The SMILES string of the molecule is COc1cccc(CCBr)c1OC. The number of hydrogen-bond donors (Lipinski definition) is 0. The molecule has 0 aromatic heterocycles. The molecule has 1 aromatic carbocycles. The monoisotopic (exact) mass is 244 g/mol. The largest absolute Gasteiger partial charge is 0.493 e. The molecule has 0 saturated carbocycles. The standard InChI is InChI=1S/C10H13BrO2/c1-12-9-5-3-4-8(6-7-11)10(9)13-2/h3-5H,6-7H2,1-2H3. The third-order valence-electron chi connectivity index (χ3n) is 1.85. The Kier molecular flexibility index (Phi) is 4.09. The number of aryl methyl sites for hydroxylation is 1. The molecule has 0 aliphatic carbocycles. The maximum Gasteiger partial charge on any atom is 0.163 e. The van der Waals surface area contributed by atoms with Crippen LogP contribution in [0.3, 0.4) is 0 Å². The minimum atomic E-state index is 0.793. The van der Waals surface area contributed by atoms with Crippen LogP contribution >= 0.6 is 15.9 Å². The van der Waals surface area contributed by atoms with E-state index in [0.29, 0.717) is 0 Å². The smallest absolute Gasteiger partial charge is 0.163 e. The summed E-state index contributed by atoms with van der Waals surface area (Å²) < 4.78 is 10.5. The van der Waals surface area contributed by atoms with Gasteiger partial charge in [-0.05, 0) is 18.1 Å². The molecule has 1 aromatic rings. The lowest BCUT2D eigenvalue weighted by atomic mass is 10.1. The van der Waals surface area contributed by atoms with E-state index in [-0.39, 0.29) is 0 Å². The fraction of sp³-hybridized carbons (Fsp3) is 0.400. The van der Waals surface area contributed by atoms with Crippen LogP contribution in [0.1, 0.15) is 5.56 Å². The van der Waals surface area contributed by atoms with Crippen molar-refractivity contribution in [3.63, 3.8) is 0 Å². The van der Waals surface area contributed by atoms with Gasteiger partial charge in [0.25, 0.3) is 0 Å². The summed E-state index contributed by atoms with van der Waals surface area (Å²) in [6.45, 7) is 0. The molecule has 0 aliphatic heterocycles. The first kappa shape index (κ1) is 10.4. The predicted octanol–water partition coefficient (Wildman–Crippen LogP) is 2.64. The van der Waals surface area contributed by atoms with Gasteiger partial charge >= 0.3 is 0 Å². The van der Waals surface area contributed by atoms with Gasteiger partial charge in [-0.3, -0.25) is 0 Å². The lowest BCUT2D eigenvalue weighted by Gasteiger charge is -2.11. The first-order valence-electron chi connectivity index (χ1n) is 4.09. The van der Waals surface area contributed by atoms with Crippen LogP contribution in [0.4, 0.5) is 0 Å². The fourth-order valence-electron chi connectivity index (χ4n) is 1.25. The highest BCUT2D eigenvalue weighted by molar-refractivity contribution is 9.09. The first-order valence-corrected chi connectivity index (χ1v) is 5.21. The lowest BCUT2D eigenvalue weighted by molar-refractivity contribution is 0.352. The van der Waals surface area contributed by atoms with E-state index in [4.69, 9.17) is 9.47 Å². The number of rotatable bonds is 4. The Balaban J connectivity index is 3.03. The molecule has 0 atom stereocenters. The van der Waals surface area contributed by atoms with Crippen molar-refractivity contribution >= 4 is 15.9 Å². The van der Waals surface area contributed by atoms with E-state index in [9.17, 15) is 0 Å². The van der Waals surface area contributed by atoms with Crippen LogP contribution in [0.25, 0.3) is 0 Å². The van der Waals surface area contributed by atoms with Gasteiger partial charge in [-0.2, -0.15) is 0 Å². The summed E-state index contributed by atoms with van der Waals surface area (Å²) in [6.07, 6.45) is 0.945. The number of methoxy groups -OCH3 is 2. The molecule has 0 bridgehead atoms. The second-order valence-corrected chi connectivity index (χ2v) is 3.38. The van der Waals surface area contributed by atoms with Crippen LogP contribution in [0, 0.1) is 0 Å². The van der Waals surface area contributed by atoms with E-state index in [1.165, 1.54) is 5.56 Å². The molecule has 13 heavy (non-hydrogen) atoms. The van der Waals surface area contributed by atoms with Crippen molar-refractivity contribution < 1.29 is 9.47 Å². The molecule has 1 rings (SSSR count). The van der Waals surface area contributed by atoms with Gasteiger partial charge in [-0.1, -0.05) is 28.1 Å². The van der Waals surface area contributed by atoms with Gasteiger partial charge in [0.1, 0.15) is 0 Å². The molecule has 72 valence electrons. The van der Waals surface area contributed by atoms with Crippen molar-refractivity contribution in [2.75, 3.05) is 19.5 Å². The van der Waals surface area contributed by atoms with Crippen LogP contribution in [0.2, 0.25) is 0 Å². The highest BCUT2D eigenvalue weighted by atomic mass is 79.9. The van der Waals surface area contributed by atoms with E-state index in [1.54, 1.807) is 14.2 Å². The second kappa shape index (κ2) is 5.12. The Morgan fingerprint density at radius 1 is 1.23 bits per heavy atom. The van der Waals surface area contributed by atoms with Crippen molar-refractivity contribution in [3.05, 3.63) is 23.8 Å². The van der Waals surface area contributed by atoms with Crippen LogP contribution in [0.5, 0.6) is 11.5 Å². The number of ether oxygens (including phenoxy) is 2. The maximum absolute atomic E-state index is 5.27. The third-order valence-corrected chi connectivity index (χ3v) is 2.24. The molecule has 0 N–H and O–H groups in total. The van der Waals surface area contributed by atoms with E-state index in [2.05, 4.69) is 15.9 Å². The first-order chi connectivity index (χ1) is 6.33. The summed E-state index contributed by atoms with van der Waals surface area (Å²) in [5.41, 5.74) is 1.17. The zero-order valence-corrected chi connectivity index (χ0v) is 9.43. The minimum absolute atomic E-state index is 0.793. The molecule has 0 radical (unpaired) electrons. The van der Waals surface area contributed by atoms with E-state index < -0.39 is 0 Å². The Hall–Kier alpha value is -0.700. The normalized spacial score (nSPS) is 9.77. The second-order valence-electron chi connectivity index (χ2n) is 2.59. The van der Waals surface area contributed by atoms with E-state index in [0.717, 1.165) is 23.2 Å². The van der Waals surface area contributed by atoms with Crippen molar-refractivity contribution in [3.8, 4) is 11.5 Å². The number of alkyl halides is 1. The average Bonchev–Trinajstić information content (AvgIpc) is 2.18.